The Balaban J connectivity index is 1.33. The maximum absolute atomic E-state index is 12.4. The number of benzene rings is 1. The number of nitrogens with zero attached hydrogens (tertiary/aromatic N) is 3. The van der Waals surface area contributed by atoms with E-state index < -0.39 is 0 Å². The first-order chi connectivity index (χ1) is 12.8. The van der Waals surface area contributed by atoms with E-state index in [4.69, 9.17) is 4.52 Å². The zero-order valence-electron chi connectivity index (χ0n) is 14.3. The molecule has 3 heterocycles. The van der Waals surface area contributed by atoms with Gasteiger partial charge in [-0.25, -0.2) is 0 Å². The van der Waals surface area contributed by atoms with Crippen molar-refractivity contribution in [3.63, 3.8) is 0 Å². The Morgan fingerprint density at radius 3 is 2.92 bits per heavy atom. The second-order valence-corrected chi connectivity index (χ2v) is 6.50. The van der Waals surface area contributed by atoms with Gasteiger partial charge in [0.1, 0.15) is 0 Å². The summed E-state index contributed by atoms with van der Waals surface area (Å²) in [6, 6.07) is 15.8. The summed E-state index contributed by atoms with van der Waals surface area (Å²) in [4.78, 5) is 18.8. The Morgan fingerprint density at radius 1 is 1.23 bits per heavy atom. The number of amides is 1. The van der Waals surface area contributed by atoms with Gasteiger partial charge in [0.2, 0.25) is 0 Å². The van der Waals surface area contributed by atoms with Gasteiger partial charge in [-0.2, -0.15) is 0 Å². The van der Waals surface area contributed by atoms with Crippen LogP contribution in [0, 0.1) is 0 Å². The molecule has 26 heavy (non-hydrogen) atoms. The van der Waals surface area contributed by atoms with Crippen LogP contribution in [0.3, 0.4) is 0 Å². The van der Waals surface area contributed by atoms with Crippen LogP contribution in [0.2, 0.25) is 0 Å². The van der Waals surface area contributed by atoms with Crippen LogP contribution in [0.25, 0.3) is 11.3 Å². The van der Waals surface area contributed by atoms with Gasteiger partial charge in [-0.05, 0) is 24.1 Å². The van der Waals surface area contributed by atoms with Gasteiger partial charge >= 0.3 is 0 Å². The molecule has 0 radical (unpaired) electrons. The predicted molar refractivity (Wildman–Crippen MR) is 97.3 cm³/mol. The molecule has 1 aromatic carbocycles. The minimum atomic E-state index is -0.199. The average molecular weight is 348 g/mol. The molecule has 1 N–H and O–H groups in total. The summed E-state index contributed by atoms with van der Waals surface area (Å²) in [6.07, 6.45) is 4.31. The number of pyridine rings is 1. The lowest BCUT2D eigenvalue weighted by molar-refractivity contribution is 0.0928. The molecule has 1 amide bonds. The van der Waals surface area contributed by atoms with Crippen molar-refractivity contribution in [2.45, 2.75) is 19.0 Å². The summed E-state index contributed by atoms with van der Waals surface area (Å²) in [6.45, 7) is 2.72. The first-order valence-corrected chi connectivity index (χ1v) is 8.72. The number of hydrogen-bond acceptors (Lipinski definition) is 5. The number of nitrogens with one attached hydrogen (secondary N) is 1. The van der Waals surface area contributed by atoms with Crippen LogP contribution in [0.4, 0.5) is 0 Å². The number of hydrogen-bond donors (Lipinski definition) is 1. The maximum atomic E-state index is 12.4. The van der Waals surface area contributed by atoms with Gasteiger partial charge < -0.3 is 9.84 Å². The maximum Gasteiger partial charge on any atom is 0.273 e. The third-order valence-corrected chi connectivity index (χ3v) is 4.55. The standard InChI is InChI=1S/C20H20N4O2/c25-20(18-11-19(26-23-18)16-7-4-9-21-12-16)22-17-8-10-24(14-17)13-15-5-2-1-3-6-15/h1-7,9,11-12,17H,8,10,13-14H2,(H,22,25)/t17-/m1/s1. The van der Waals surface area contributed by atoms with Gasteiger partial charge in [-0.1, -0.05) is 35.5 Å². The molecule has 0 bridgehead atoms. The molecule has 1 aliphatic rings. The zero-order chi connectivity index (χ0) is 17.8. The fraction of sp³-hybridized carbons (Fsp3) is 0.250. The van der Waals surface area contributed by atoms with E-state index in [-0.39, 0.29) is 11.9 Å². The van der Waals surface area contributed by atoms with E-state index >= 15 is 0 Å². The van der Waals surface area contributed by atoms with Gasteiger partial charge in [0, 0.05) is 49.7 Å². The van der Waals surface area contributed by atoms with Crippen molar-refractivity contribution in [1.82, 2.24) is 20.4 Å². The fourth-order valence-corrected chi connectivity index (χ4v) is 3.22. The first-order valence-electron chi connectivity index (χ1n) is 8.72. The van der Waals surface area contributed by atoms with E-state index in [1.807, 2.05) is 18.2 Å². The fourth-order valence-electron chi connectivity index (χ4n) is 3.22. The van der Waals surface area contributed by atoms with Crippen molar-refractivity contribution in [3.05, 3.63) is 72.2 Å². The van der Waals surface area contributed by atoms with Crippen molar-refractivity contribution in [2.24, 2.45) is 0 Å². The molecule has 0 unspecified atom stereocenters. The van der Waals surface area contributed by atoms with Gasteiger partial charge in [-0.3, -0.25) is 14.7 Å². The summed E-state index contributed by atoms with van der Waals surface area (Å²) in [7, 11) is 0. The van der Waals surface area contributed by atoms with Gasteiger partial charge in [0.25, 0.3) is 5.91 Å². The molecule has 2 aromatic heterocycles. The molecular formula is C20H20N4O2. The first kappa shape index (κ1) is 16.5. The molecule has 6 nitrogen and oxygen atoms in total. The van der Waals surface area contributed by atoms with Gasteiger partial charge in [-0.15, -0.1) is 0 Å². The summed E-state index contributed by atoms with van der Waals surface area (Å²) in [5.41, 5.74) is 2.39. The highest BCUT2D eigenvalue weighted by atomic mass is 16.5. The van der Waals surface area contributed by atoms with E-state index in [9.17, 15) is 4.79 Å². The van der Waals surface area contributed by atoms with Crippen molar-refractivity contribution in [1.29, 1.82) is 0 Å². The van der Waals surface area contributed by atoms with Crippen LogP contribution < -0.4 is 5.32 Å². The molecule has 0 aliphatic carbocycles. The highest BCUT2D eigenvalue weighted by molar-refractivity contribution is 5.93. The molecule has 0 spiro atoms. The van der Waals surface area contributed by atoms with E-state index in [0.717, 1.165) is 31.6 Å². The highest BCUT2D eigenvalue weighted by Crippen LogP contribution is 2.19. The minimum absolute atomic E-state index is 0.129. The normalized spacial score (nSPS) is 17.3. The third-order valence-electron chi connectivity index (χ3n) is 4.55. The molecule has 0 saturated carbocycles. The molecule has 3 aromatic rings. The van der Waals surface area contributed by atoms with Crippen LogP contribution in [-0.4, -0.2) is 40.1 Å². The number of carbonyl (C=O) groups is 1. The summed E-state index contributed by atoms with van der Waals surface area (Å²) in [5.74, 6) is 0.343. The van der Waals surface area contributed by atoms with Crippen molar-refractivity contribution >= 4 is 5.91 Å². The molecular weight excluding hydrogens is 328 g/mol. The van der Waals surface area contributed by atoms with E-state index in [1.54, 1.807) is 18.5 Å². The second kappa shape index (κ2) is 7.49. The lowest BCUT2D eigenvalue weighted by Crippen LogP contribution is -2.37. The van der Waals surface area contributed by atoms with Crippen LogP contribution in [0.5, 0.6) is 0 Å². The third kappa shape index (κ3) is 3.81. The SMILES string of the molecule is O=C(N[C@@H]1CCN(Cc2ccccc2)C1)c1cc(-c2cccnc2)on1. The highest BCUT2D eigenvalue weighted by Gasteiger charge is 2.25. The monoisotopic (exact) mass is 348 g/mol. The lowest BCUT2D eigenvalue weighted by atomic mass is 10.2. The zero-order valence-corrected chi connectivity index (χ0v) is 14.3. The lowest BCUT2D eigenvalue weighted by Gasteiger charge is -2.16. The molecule has 1 fully saturated rings. The largest absolute Gasteiger partial charge is 0.355 e. The molecule has 132 valence electrons. The van der Waals surface area contributed by atoms with Gasteiger partial charge in [0.15, 0.2) is 11.5 Å². The van der Waals surface area contributed by atoms with Crippen LogP contribution >= 0.6 is 0 Å². The topological polar surface area (TPSA) is 71.3 Å². The van der Waals surface area contributed by atoms with Crippen molar-refractivity contribution in [3.8, 4) is 11.3 Å². The quantitative estimate of drug-likeness (QED) is 0.768. The van der Waals surface area contributed by atoms with Crippen LogP contribution in [0.15, 0.2) is 65.4 Å². The average Bonchev–Trinajstić information content (AvgIpc) is 3.33. The van der Waals surface area contributed by atoms with Crippen molar-refractivity contribution < 1.29 is 9.32 Å². The number of carbonyl (C=O) groups excluding carboxylic acids is 1. The van der Waals surface area contributed by atoms with E-state index in [1.165, 1.54) is 5.56 Å². The summed E-state index contributed by atoms with van der Waals surface area (Å²) >= 11 is 0. The minimum Gasteiger partial charge on any atom is -0.355 e. The smallest absolute Gasteiger partial charge is 0.273 e. The van der Waals surface area contributed by atoms with Crippen molar-refractivity contribution in [2.75, 3.05) is 13.1 Å². The van der Waals surface area contributed by atoms with Crippen LogP contribution in [0.1, 0.15) is 22.5 Å². The molecule has 1 saturated heterocycles. The van der Waals surface area contributed by atoms with E-state index in [0.29, 0.717) is 11.5 Å². The number of rotatable bonds is 5. The Kier molecular flexibility index (Phi) is 4.75. The second-order valence-electron chi connectivity index (χ2n) is 6.50. The number of aromatic nitrogens is 2. The summed E-state index contributed by atoms with van der Waals surface area (Å²) in [5, 5.41) is 6.95. The number of likely N-dealkylation sites (tertiary alicyclic amines) is 1. The van der Waals surface area contributed by atoms with E-state index in [2.05, 4.69) is 44.6 Å². The molecule has 6 heteroatoms. The Bertz CT molecular complexity index is 864. The predicted octanol–water partition coefficient (Wildman–Crippen LogP) is 2.74. The Morgan fingerprint density at radius 2 is 2.12 bits per heavy atom. The Labute approximate surface area is 151 Å². The summed E-state index contributed by atoms with van der Waals surface area (Å²) < 4.78 is 5.28. The molecule has 1 aliphatic heterocycles. The molecule has 4 rings (SSSR count). The Hall–Kier alpha value is -2.99. The van der Waals surface area contributed by atoms with Crippen LogP contribution in [-0.2, 0) is 6.54 Å². The van der Waals surface area contributed by atoms with Gasteiger partial charge in [0.05, 0.1) is 0 Å². The molecule has 1 atom stereocenters.